The number of aromatic nitrogens is 1. The van der Waals surface area contributed by atoms with Gasteiger partial charge in [-0.2, -0.15) is 0 Å². The van der Waals surface area contributed by atoms with E-state index in [0.717, 1.165) is 5.69 Å². The first-order valence-electron chi connectivity index (χ1n) is 3.59. The van der Waals surface area contributed by atoms with Crippen molar-refractivity contribution >= 4 is 31.9 Å². The summed E-state index contributed by atoms with van der Waals surface area (Å²) in [6.07, 6.45) is 0. The molecule has 1 rings (SSSR count). The minimum atomic E-state index is -0.0903. The molecule has 0 aliphatic heterocycles. The molecule has 0 amide bonds. The van der Waals surface area contributed by atoms with Gasteiger partial charge >= 0.3 is 0 Å². The molecule has 0 N–H and O–H groups in total. The van der Waals surface area contributed by atoms with Crippen molar-refractivity contribution < 1.29 is 4.74 Å². The average molecular weight is 311 g/mol. The summed E-state index contributed by atoms with van der Waals surface area (Å²) in [5.41, 5.74) is 0.748. The van der Waals surface area contributed by atoms with E-state index in [9.17, 15) is 4.79 Å². The van der Waals surface area contributed by atoms with Crippen molar-refractivity contribution in [3.05, 3.63) is 24.9 Å². The smallest absolute Gasteiger partial charge is 0.214 e. The molecule has 0 aliphatic rings. The Kier molecular flexibility index (Phi) is 3.18. The molecule has 0 unspecified atom stereocenters. The topological polar surface area (TPSA) is 31.2 Å². The van der Waals surface area contributed by atoms with E-state index in [-0.39, 0.29) is 5.43 Å². The van der Waals surface area contributed by atoms with E-state index in [2.05, 4.69) is 31.9 Å². The van der Waals surface area contributed by atoms with Gasteiger partial charge in [-0.05, 0) is 38.8 Å². The maximum absolute atomic E-state index is 11.5. The van der Waals surface area contributed by atoms with Gasteiger partial charge in [-0.1, -0.05) is 0 Å². The number of hydrogen-bond acceptors (Lipinski definition) is 2. The fourth-order valence-corrected chi connectivity index (χ4v) is 2.39. The lowest BCUT2D eigenvalue weighted by molar-refractivity contribution is 0.372. The molecule has 0 atom stereocenters. The third-order valence-corrected chi connectivity index (χ3v) is 3.54. The zero-order chi connectivity index (χ0) is 10.2. The summed E-state index contributed by atoms with van der Waals surface area (Å²) in [6, 6.07) is 0. The van der Waals surface area contributed by atoms with Crippen LogP contribution in [0.1, 0.15) is 5.69 Å². The fourth-order valence-electron chi connectivity index (χ4n) is 1.03. The molecule has 0 bridgehead atoms. The molecule has 0 spiro atoms. The molecule has 0 saturated heterocycles. The molecule has 72 valence electrons. The van der Waals surface area contributed by atoms with E-state index in [4.69, 9.17) is 4.74 Å². The number of hydrogen-bond donors (Lipinski definition) is 0. The first kappa shape index (κ1) is 10.8. The fraction of sp³-hybridized carbons (Fsp3) is 0.375. The third kappa shape index (κ3) is 1.67. The molecular formula is C8H9Br2NO2. The van der Waals surface area contributed by atoms with Gasteiger partial charge in [0.25, 0.3) is 0 Å². The molecule has 1 heterocycles. The van der Waals surface area contributed by atoms with Crippen molar-refractivity contribution in [3.8, 4) is 5.88 Å². The van der Waals surface area contributed by atoms with E-state index in [1.807, 2.05) is 14.0 Å². The van der Waals surface area contributed by atoms with Gasteiger partial charge in [0.15, 0.2) is 0 Å². The van der Waals surface area contributed by atoms with Crippen molar-refractivity contribution in [1.29, 1.82) is 0 Å². The van der Waals surface area contributed by atoms with E-state index >= 15 is 0 Å². The Morgan fingerprint density at radius 2 is 1.85 bits per heavy atom. The molecule has 0 radical (unpaired) electrons. The highest BCUT2D eigenvalue weighted by molar-refractivity contribution is 9.11. The molecule has 5 heteroatoms. The molecule has 0 saturated carbocycles. The monoisotopic (exact) mass is 309 g/mol. The lowest BCUT2D eigenvalue weighted by atomic mass is 10.3. The number of pyridine rings is 1. The zero-order valence-corrected chi connectivity index (χ0v) is 10.7. The van der Waals surface area contributed by atoms with Gasteiger partial charge in [0.2, 0.25) is 11.3 Å². The van der Waals surface area contributed by atoms with Crippen LogP contribution in [0.25, 0.3) is 0 Å². The van der Waals surface area contributed by atoms with Gasteiger partial charge in [-0.3, -0.25) is 4.79 Å². The highest BCUT2D eigenvalue weighted by Crippen LogP contribution is 2.25. The highest BCUT2D eigenvalue weighted by atomic mass is 79.9. The molecule has 0 aliphatic carbocycles. The number of ether oxygens (including phenoxy) is 1. The number of rotatable bonds is 1. The molecule has 3 nitrogen and oxygen atoms in total. The van der Waals surface area contributed by atoms with Crippen LogP contribution in [-0.2, 0) is 7.05 Å². The number of nitrogens with zero attached hydrogens (tertiary/aromatic N) is 1. The number of halogens is 2. The van der Waals surface area contributed by atoms with Crippen molar-refractivity contribution in [2.75, 3.05) is 7.11 Å². The second-order valence-electron chi connectivity index (χ2n) is 2.61. The minimum absolute atomic E-state index is 0.0903. The summed E-state index contributed by atoms with van der Waals surface area (Å²) in [4.78, 5) is 11.5. The van der Waals surface area contributed by atoms with Crippen molar-refractivity contribution in [2.24, 2.45) is 7.05 Å². The van der Waals surface area contributed by atoms with Gasteiger partial charge in [-0.15, -0.1) is 0 Å². The van der Waals surface area contributed by atoms with Gasteiger partial charge in [0.1, 0.15) is 4.47 Å². The van der Waals surface area contributed by atoms with Crippen molar-refractivity contribution in [2.45, 2.75) is 6.92 Å². The third-order valence-electron chi connectivity index (χ3n) is 1.91. The molecule has 1 aromatic heterocycles. The van der Waals surface area contributed by atoms with E-state index in [1.165, 1.54) is 7.11 Å². The first-order chi connectivity index (χ1) is 6.00. The van der Waals surface area contributed by atoms with E-state index in [0.29, 0.717) is 14.8 Å². The Balaban J connectivity index is 3.67. The quantitative estimate of drug-likeness (QED) is 0.796. The highest BCUT2D eigenvalue weighted by Gasteiger charge is 2.14. The standard InChI is InChI=1S/C8H9Br2NO2/c1-4-5(9)7(12)6(10)8(13-3)11(4)2/h1-3H3. The normalized spacial score (nSPS) is 10.2. The zero-order valence-electron chi connectivity index (χ0n) is 7.52. The molecule has 0 fully saturated rings. The van der Waals surface area contributed by atoms with Gasteiger partial charge in [0.05, 0.1) is 11.6 Å². The summed E-state index contributed by atoms with van der Waals surface area (Å²) < 4.78 is 7.89. The van der Waals surface area contributed by atoms with Crippen LogP contribution in [0.3, 0.4) is 0 Å². The van der Waals surface area contributed by atoms with Gasteiger partial charge < -0.3 is 9.30 Å². The maximum atomic E-state index is 11.5. The van der Waals surface area contributed by atoms with Crippen molar-refractivity contribution in [1.82, 2.24) is 4.57 Å². The maximum Gasteiger partial charge on any atom is 0.214 e. The number of methoxy groups -OCH3 is 1. The summed E-state index contributed by atoms with van der Waals surface area (Å²) in [7, 11) is 3.37. The van der Waals surface area contributed by atoms with Crippen LogP contribution >= 0.6 is 31.9 Å². The molecule has 1 aromatic rings. The van der Waals surface area contributed by atoms with Crippen LogP contribution in [0.2, 0.25) is 0 Å². The second kappa shape index (κ2) is 3.84. The van der Waals surface area contributed by atoms with E-state index in [1.54, 1.807) is 4.57 Å². The Labute approximate surface area is 93.0 Å². The SMILES string of the molecule is COc1c(Br)c(=O)c(Br)c(C)n1C. The predicted octanol–water partition coefficient (Wildman–Crippen LogP) is 2.23. The first-order valence-corrected chi connectivity index (χ1v) is 5.17. The van der Waals surface area contributed by atoms with Crippen molar-refractivity contribution in [3.63, 3.8) is 0 Å². The minimum Gasteiger partial charge on any atom is -0.481 e. The van der Waals surface area contributed by atoms with Crippen LogP contribution in [0.15, 0.2) is 13.7 Å². The van der Waals surface area contributed by atoms with Crippen LogP contribution in [0.4, 0.5) is 0 Å². The van der Waals surface area contributed by atoms with Gasteiger partial charge in [-0.25, -0.2) is 0 Å². The average Bonchev–Trinajstić information content (AvgIpc) is 2.13. The Morgan fingerprint density at radius 1 is 1.31 bits per heavy atom. The Bertz CT molecular complexity index is 398. The largest absolute Gasteiger partial charge is 0.481 e. The lowest BCUT2D eigenvalue weighted by Gasteiger charge is -2.13. The van der Waals surface area contributed by atoms with E-state index < -0.39 is 0 Å². The second-order valence-corrected chi connectivity index (χ2v) is 4.20. The Morgan fingerprint density at radius 3 is 2.31 bits per heavy atom. The molecular weight excluding hydrogens is 302 g/mol. The summed E-state index contributed by atoms with van der Waals surface area (Å²) >= 11 is 6.41. The van der Waals surface area contributed by atoms with Crippen LogP contribution in [0, 0.1) is 6.92 Å². The summed E-state index contributed by atoms with van der Waals surface area (Å²) in [5.74, 6) is 0.533. The summed E-state index contributed by atoms with van der Waals surface area (Å²) in [5, 5.41) is 0. The molecule has 13 heavy (non-hydrogen) atoms. The van der Waals surface area contributed by atoms with Crippen LogP contribution in [-0.4, -0.2) is 11.7 Å². The molecule has 0 aromatic carbocycles. The van der Waals surface area contributed by atoms with Gasteiger partial charge in [0, 0.05) is 12.7 Å². The lowest BCUT2D eigenvalue weighted by Crippen LogP contribution is -2.14. The van der Waals surface area contributed by atoms with Crippen LogP contribution < -0.4 is 10.2 Å². The predicted molar refractivity (Wildman–Crippen MR) is 58.4 cm³/mol. The van der Waals surface area contributed by atoms with Crippen LogP contribution in [0.5, 0.6) is 5.88 Å². The summed E-state index contributed by atoms with van der Waals surface area (Å²) in [6.45, 7) is 1.85. The Hall–Kier alpha value is -0.290.